The second kappa shape index (κ2) is 17.3. The minimum Gasteiger partial charge on any atom is -0.497 e. The van der Waals surface area contributed by atoms with Crippen LogP contribution >= 0.6 is 0 Å². The number of amides is 1. The van der Waals surface area contributed by atoms with Crippen molar-refractivity contribution in [2.75, 3.05) is 48.0 Å². The van der Waals surface area contributed by atoms with Crippen LogP contribution in [0.3, 0.4) is 0 Å². The van der Waals surface area contributed by atoms with E-state index in [2.05, 4.69) is 73.8 Å². The van der Waals surface area contributed by atoms with Crippen LogP contribution in [0.25, 0.3) is 22.3 Å². The van der Waals surface area contributed by atoms with Crippen molar-refractivity contribution in [1.29, 1.82) is 0 Å². The van der Waals surface area contributed by atoms with Crippen LogP contribution in [0.1, 0.15) is 52.0 Å². The number of ether oxygens (including phenoxy) is 6. The molecular formula is C52H47N5O7. The van der Waals surface area contributed by atoms with E-state index in [0.717, 1.165) is 88.7 Å². The summed E-state index contributed by atoms with van der Waals surface area (Å²) < 4.78 is 34.7. The zero-order valence-corrected chi connectivity index (χ0v) is 36.5. The molecule has 1 aliphatic heterocycles. The molecule has 0 atom stereocenters. The van der Waals surface area contributed by atoms with Crippen LogP contribution in [0.2, 0.25) is 0 Å². The third-order valence-corrected chi connectivity index (χ3v) is 11.3. The average Bonchev–Trinajstić information content (AvgIpc) is 4.17. The Hall–Kier alpha value is -8.25. The number of aromatic nitrogens is 4. The number of H-pyrrole nitrogens is 4. The summed E-state index contributed by atoms with van der Waals surface area (Å²) in [5.74, 6) is 3.74. The Kier molecular flexibility index (Phi) is 11.1. The third kappa shape index (κ3) is 7.88. The molecule has 0 saturated heterocycles. The summed E-state index contributed by atoms with van der Waals surface area (Å²) in [6.45, 7) is 1.50. The minimum atomic E-state index is -0.143. The lowest BCUT2D eigenvalue weighted by Gasteiger charge is -2.13. The first-order chi connectivity index (χ1) is 31.2. The number of methoxy groups -OCH3 is 6. The van der Waals surface area contributed by atoms with Crippen LogP contribution in [0, 0.1) is 0 Å². The maximum absolute atomic E-state index is 12.0. The van der Waals surface area contributed by atoms with E-state index in [1.807, 2.05) is 78.9 Å². The Morgan fingerprint density at radius 3 is 0.906 bits per heavy atom. The van der Waals surface area contributed by atoms with E-state index in [-0.39, 0.29) is 5.91 Å². The molecule has 9 rings (SSSR count). The Labute approximate surface area is 369 Å². The van der Waals surface area contributed by atoms with Crippen LogP contribution in [0.4, 0.5) is 5.69 Å². The van der Waals surface area contributed by atoms with Gasteiger partial charge in [0.1, 0.15) is 34.5 Å². The quantitative estimate of drug-likeness (QED) is 0.103. The predicted molar refractivity (Wildman–Crippen MR) is 248 cm³/mol. The van der Waals surface area contributed by atoms with Crippen LogP contribution in [0.5, 0.6) is 34.5 Å². The molecule has 4 aromatic heterocycles. The van der Waals surface area contributed by atoms with Crippen molar-refractivity contribution < 1.29 is 33.2 Å². The molecule has 0 saturated carbocycles. The van der Waals surface area contributed by atoms with Crippen LogP contribution in [0.15, 0.2) is 127 Å². The summed E-state index contributed by atoms with van der Waals surface area (Å²) in [5.41, 5.74) is 11.1. The first kappa shape index (κ1) is 41.1. The largest absolute Gasteiger partial charge is 0.497 e. The van der Waals surface area contributed by atoms with E-state index < -0.39 is 0 Å². The molecular weight excluding hydrogens is 807 g/mol. The Morgan fingerprint density at radius 2 is 0.641 bits per heavy atom. The van der Waals surface area contributed by atoms with Gasteiger partial charge in [-0.15, -0.1) is 0 Å². The molecule has 0 fully saturated rings. The molecule has 0 unspecified atom stereocenters. The topological polar surface area (TPSA) is 148 Å². The molecule has 0 aliphatic carbocycles. The van der Waals surface area contributed by atoms with Crippen molar-refractivity contribution >= 4 is 33.9 Å². The lowest BCUT2D eigenvalue weighted by atomic mass is 10.0. The van der Waals surface area contributed by atoms with Crippen molar-refractivity contribution in [1.82, 2.24) is 19.9 Å². The molecule has 5 N–H and O–H groups in total. The van der Waals surface area contributed by atoms with Gasteiger partial charge in [-0.2, -0.15) is 0 Å². The van der Waals surface area contributed by atoms with E-state index >= 15 is 0 Å². The van der Waals surface area contributed by atoms with Gasteiger partial charge in [-0.3, -0.25) is 4.79 Å². The molecule has 1 aliphatic rings. The van der Waals surface area contributed by atoms with E-state index in [9.17, 15) is 4.79 Å². The first-order valence-electron chi connectivity index (χ1n) is 20.5. The van der Waals surface area contributed by atoms with Crippen molar-refractivity contribution in [2.24, 2.45) is 0 Å². The van der Waals surface area contributed by atoms with Gasteiger partial charge in [-0.25, -0.2) is 0 Å². The molecule has 0 radical (unpaired) electrons. The molecule has 12 nitrogen and oxygen atoms in total. The van der Waals surface area contributed by atoms with Gasteiger partial charge in [-0.1, -0.05) is 12.1 Å². The fraction of sp³-hybridized carbons (Fsp3) is 0.135. The summed E-state index contributed by atoms with van der Waals surface area (Å²) in [5, 5.41) is 6.26. The normalized spacial score (nSPS) is 12.2. The van der Waals surface area contributed by atoms with Gasteiger partial charge in [0.05, 0.1) is 42.7 Å². The summed E-state index contributed by atoms with van der Waals surface area (Å²) in [6, 6.07) is 42.1. The summed E-state index contributed by atoms with van der Waals surface area (Å²) >= 11 is 0. The summed E-state index contributed by atoms with van der Waals surface area (Å²) in [6.07, 6.45) is 0. The number of fused-ring (bicyclic) bond motifs is 8. The molecule has 1 amide bonds. The predicted octanol–water partition coefficient (Wildman–Crippen LogP) is 6.31. The number of hydrogen-bond donors (Lipinski definition) is 5. The van der Waals surface area contributed by atoms with Crippen molar-refractivity contribution in [3.8, 4) is 34.5 Å². The van der Waals surface area contributed by atoms with E-state index in [1.165, 1.54) is 6.92 Å². The lowest BCUT2D eigenvalue weighted by molar-refractivity contribution is -0.114. The number of nitrogens with one attached hydrogen (secondary N) is 5. The molecule has 8 bridgehead atoms. The highest BCUT2D eigenvalue weighted by Crippen LogP contribution is 2.34. The fourth-order valence-electron chi connectivity index (χ4n) is 8.35. The van der Waals surface area contributed by atoms with E-state index in [0.29, 0.717) is 40.2 Å². The van der Waals surface area contributed by atoms with Gasteiger partial charge in [0.15, 0.2) is 0 Å². The monoisotopic (exact) mass is 853 g/mol. The Balaban J connectivity index is 1.43. The van der Waals surface area contributed by atoms with Crippen LogP contribution < -0.4 is 55.1 Å². The number of carbonyl (C=O) groups is 1. The average molecular weight is 854 g/mol. The van der Waals surface area contributed by atoms with Gasteiger partial charge in [0.2, 0.25) is 5.91 Å². The van der Waals surface area contributed by atoms with Gasteiger partial charge in [0.25, 0.3) is 0 Å². The number of rotatable bonds is 11. The number of benzene rings is 4. The smallest absolute Gasteiger partial charge is 0.221 e. The van der Waals surface area contributed by atoms with Gasteiger partial charge < -0.3 is 53.7 Å². The SMILES string of the molecule is COc1cc(OC)cc(C2=c3ccc([nH]3)=C(c3ccc(NC(C)=O)cc3)c3ccc([nH]3)C(c3cc(OC)cc(OC)c3)=c3ccc([nH]3)=C(c3cc(OC)cc(OC)c3)c3ccc2[nH]3)c1. The van der Waals surface area contributed by atoms with Crippen molar-refractivity contribution in [3.05, 3.63) is 194 Å². The zero-order valence-electron chi connectivity index (χ0n) is 36.5. The maximum atomic E-state index is 12.0. The molecule has 4 aromatic carbocycles. The highest BCUT2D eigenvalue weighted by atomic mass is 16.5. The van der Waals surface area contributed by atoms with Gasteiger partial charge in [-0.05, 0) is 119 Å². The first-order valence-corrected chi connectivity index (χ1v) is 20.5. The summed E-state index contributed by atoms with van der Waals surface area (Å²) in [4.78, 5) is 27.2. The number of carbonyl (C=O) groups excluding carboxylic acids is 1. The molecule has 5 heterocycles. The van der Waals surface area contributed by atoms with Crippen LogP contribution in [-0.4, -0.2) is 68.5 Å². The van der Waals surface area contributed by atoms with E-state index in [1.54, 1.807) is 42.7 Å². The highest BCUT2D eigenvalue weighted by Gasteiger charge is 2.21. The van der Waals surface area contributed by atoms with Crippen molar-refractivity contribution in [3.63, 3.8) is 0 Å². The molecule has 0 spiro atoms. The van der Waals surface area contributed by atoms with Gasteiger partial charge in [0, 0.05) is 97.3 Å². The maximum Gasteiger partial charge on any atom is 0.221 e. The van der Waals surface area contributed by atoms with E-state index in [4.69, 9.17) is 28.4 Å². The Morgan fingerprint density at radius 1 is 0.359 bits per heavy atom. The number of anilines is 1. The molecule has 64 heavy (non-hydrogen) atoms. The Bertz CT molecular complexity index is 3250. The molecule has 322 valence electrons. The van der Waals surface area contributed by atoms with Crippen molar-refractivity contribution in [2.45, 2.75) is 6.92 Å². The second-order valence-corrected chi connectivity index (χ2v) is 15.2. The fourth-order valence-corrected chi connectivity index (χ4v) is 8.35. The third-order valence-electron chi connectivity index (χ3n) is 11.3. The lowest BCUT2D eigenvalue weighted by Crippen LogP contribution is -2.19. The summed E-state index contributed by atoms with van der Waals surface area (Å²) in [7, 11) is 9.88. The van der Waals surface area contributed by atoms with Gasteiger partial charge >= 0.3 is 0 Å². The van der Waals surface area contributed by atoms with Crippen LogP contribution in [-0.2, 0) is 4.79 Å². The molecule has 8 aromatic rings. The minimum absolute atomic E-state index is 0.143. The second-order valence-electron chi connectivity index (χ2n) is 15.2. The number of aromatic amines is 4. The zero-order chi connectivity index (χ0) is 44.5. The number of hydrogen-bond acceptors (Lipinski definition) is 7. The molecule has 12 heteroatoms. The standard InChI is InChI=1S/C52H47N5O7/c1-29(58)53-34-10-8-30(9-11-34)49-41-12-14-43(54-41)50(31-20-35(59-2)26-36(21-31)60-3)45-16-18-47(56-45)52(33-24-39(63-6)28-40(25-33)64-7)48-19-17-46(57-48)51(44-15-13-42(49)55-44)32-22-37(61-4)27-38(23-32)62-5/h8-28,54-57H,1-7H3,(H,53,58). The highest BCUT2D eigenvalue weighted by molar-refractivity contribution is 5.90.